The van der Waals surface area contributed by atoms with E-state index >= 15 is 0 Å². The number of rotatable bonds is 12. The van der Waals surface area contributed by atoms with Crippen molar-refractivity contribution in [3.63, 3.8) is 0 Å². The minimum absolute atomic E-state index is 0. The zero-order valence-corrected chi connectivity index (χ0v) is 88.4. The molecule has 37 nitrogen and oxygen atoms in total. The van der Waals surface area contributed by atoms with Gasteiger partial charge in [0.25, 0.3) is 6.54 Å². The molecule has 0 aliphatic carbocycles. The van der Waals surface area contributed by atoms with Crippen LogP contribution in [0.4, 0.5) is 20.7 Å². The topological polar surface area (TPSA) is 473 Å². The maximum absolute atomic E-state index is 13.2. The van der Waals surface area contributed by atoms with E-state index in [4.69, 9.17) is 97.8 Å². The molecule has 20 aromatic heterocycles. The molecule has 0 aliphatic rings. The zero-order chi connectivity index (χ0) is 99.1. The van der Waals surface area contributed by atoms with E-state index < -0.39 is 18.8 Å². The molecule has 20 rings (SSSR count). The van der Waals surface area contributed by atoms with Crippen LogP contribution in [0.5, 0.6) is 0 Å². The molecule has 48 heteroatoms. The number of hydrogen-bond donors (Lipinski definition) is 7. The van der Waals surface area contributed by atoms with Crippen LogP contribution in [0, 0.1) is 33.9 Å². The van der Waals surface area contributed by atoms with E-state index in [0.29, 0.717) is 100 Å². The van der Waals surface area contributed by atoms with E-state index in [9.17, 15) is 8.78 Å². The summed E-state index contributed by atoms with van der Waals surface area (Å²) in [7, 11) is 2.47. The predicted octanol–water partition coefficient (Wildman–Crippen LogP) is 15.2. The van der Waals surface area contributed by atoms with Gasteiger partial charge in [-0.25, -0.2) is 80.1 Å². The van der Waals surface area contributed by atoms with Crippen LogP contribution in [-0.4, -0.2) is 189 Å². The number of nitrogens with one attached hydrogen (secondary N) is 1. The van der Waals surface area contributed by atoms with Gasteiger partial charge in [0.1, 0.15) is 67.6 Å². The van der Waals surface area contributed by atoms with Crippen LogP contribution < -0.4 is 79.8 Å². The largest absolute Gasteiger partial charge is 1.00 e. The van der Waals surface area contributed by atoms with Crippen molar-refractivity contribution in [2.75, 3.05) is 38.7 Å². The number of imidazole rings is 9. The normalized spacial score (nSPS) is 10.2. The summed E-state index contributed by atoms with van der Waals surface area (Å²) in [6.07, 6.45) is 35.5. The van der Waals surface area contributed by atoms with Gasteiger partial charge in [0, 0.05) is 156 Å². The molecule has 0 saturated heterocycles. The molecule has 0 aromatic carbocycles. The Labute approximate surface area is 900 Å². The molecule has 20 heterocycles. The molecule has 11 N–H and O–H groups in total. The molecule has 0 bridgehead atoms. The Morgan fingerprint density at radius 3 is 1.35 bits per heavy atom. The number of nitrogens with zero attached hydrogens (tertiary/aromatic N) is 30. The number of H-pyrrole nitrogens is 1. The number of hydrogen-bond acceptors (Lipinski definition) is 27. The predicted molar refractivity (Wildman–Crippen MR) is 562 cm³/mol. The Hall–Kier alpha value is -11.4. The molecule has 0 fully saturated rings. The van der Waals surface area contributed by atoms with Crippen LogP contribution in [0.3, 0.4) is 0 Å². The molecule has 0 saturated carbocycles. The number of nitrogens with two attached hydrogens (primary N) is 4. The Morgan fingerprint density at radius 1 is 0.514 bits per heavy atom. The maximum atomic E-state index is 13.2. The van der Waals surface area contributed by atoms with Gasteiger partial charge in [-0.3, -0.25) is 14.4 Å². The summed E-state index contributed by atoms with van der Waals surface area (Å²) in [5, 5.41) is 24.5. The van der Waals surface area contributed by atoms with Gasteiger partial charge in [-0.1, -0.05) is 142 Å². The van der Waals surface area contributed by atoms with Crippen LogP contribution >= 0.6 is 97.3 Å². The molecular weight excluding hydrogens is 2100 g/mol. The minimum atomic E-state index is -1.65. The van der Waals surface area contributed by atoms with E-state index in [1.807, 2.05) is 220 Å². The third-order valence-corrected chi connectivity index (χ3v) is 19.4. The molecule has 0 atom stereocenters. The summed E-state index contributed by atoms with van der Waals surface area (Å²) in [5.74, 6) is -0.387. The van der Waals surface area contributed by atoms with Gasteiger partial charge >= 0.3 is 58.5 Å². The van der Waals surface area contributed by atoms with Gasteiger partial charge in [-0.15, -0.1) is 12.4 Å². The average Bonchev–Trinajstić information content (AvgIpc) is 1.21. The van der Waals surface area contributed by atoms with E-state index in [1.165, 1.54) is 48.3 Å². The van der Waals surface area contributed by atoms with Gasteiger partial charge in [0.15, 0.2) is 52.9 Å². The van der Waals surface area contributed by atoms with Crippen molar-refractivity contribution >= 4 is 195 Å². The zero-order valence-electron chi connectivity index (χ0n) is 77.7. The van der Waals surface area contributed by atoms with Crippen LogP contribution in [0.25, 0.3) is 89.1 Å². The molecular formula is C92H110BBrCl5F2IKN35O2. The van der Waals surface area contributed by atoms with Gasteiger partial charge in [-0.05, 0) is 142 Å². The summed E-state index contributed by atoms with van der Waals surface area (Å²) in [6, 6.07) is 32.8. The van der Waals surface area contributed by atoms with Gasteiger partial charge in [0.2, 0.25) is 11.9 Å². The first-order valence-corrected chi connectivity index (χ1v) is 45.4. The standard InChI is InChI=1S/C13H11ClFN5.C10H13N3.C9H7N3.2C9H11N3.C8H8ClIN4.C8H10ClN5.C7H6N2.C5H5BFNO2.C5H4ClN5.C3H7Br.C3H8.CN.2CH4.ClH.K/c1-7(2)20-6-17-10-11(14)18-12(19-13(10)20)8-3-9(15)5-16-4-8;1-12(2)8-9-7-11-10-5-3-4-6-13(9)10;1-10-6-8-7-11-9-4-2-3-5-12(8)9;2*10-5-4-8-7-11-9-3-1-2-6-12(8)9;2*1-4(2)14-3-11-5-6(9)12-8(10)13-7(5)14;1-2-5-9-6-4-8-7(9)3-1;7-5-1-4(6(9)10)2-8-3-5;6-3-2-4(9-1-8-2)11-5(7)10-3;1-3(2)4;1-3-2;1-2;;;;/h3-7H,1-2H3;3-7H,8H2,1-2H3;2-5,7H,6H2;2*1-3,6-7H,4-5,10H2;3-4H,1-2H3;3-4H,1-2H3,(H2,10,12,13);1-6H;1-3,9-10H;1H,(H3,7,8,9,10,11);3H,1-2H3;3H2,1-2H3;;2*1H4;1H;/q;;;;;;;;;;;;-1;;;;+1. The van der Waals surface area contributed by atoms with Crippen LogP contribution in [0.15, 0.2) is 221 Å². The van der Waals surface area contributed by atoms with Gasteiger partial charge in [0.05, 0.1) is 55.8 Å². The van der Waals surface area contributed by atoms with Crippen LogP contribution in [-0.2, 0) is 25.9 Å². The maximum Gasteiger partial charge on any atom is 1.00 e. The van der Waals surface area contributed by atoms with Crippen molar-refractivity contribution in [1.29, 1.82) is 5.26 Å². The first-order valence-electron chi connectivity index (χ1n) is 41.9. The number of anilines is 2. The summed E-state index contributed by atoms with van der Waals surface area (Å²) in [5.41, 5.74) is 36.7. The van der Waals surface area contributed by atoms with Crippen LogP contribution in [0.2, 0.25) is 20.6 Å². The van der Waals surface area contributed by atoms with E-state index in [2.05, 4.69) is 194 Å². The van der Waals surface area contributed by atoms with Crippen molar-refractivity contribution in [1.82, 2.24) is 140 Å². The monoisotopic (exact) mass is 2210 g/mol. The molecule has 0 aliphatic heterocycles. The number of aromatic nitrogens is 28. The van der Waals surface area contributed by atoms with Crippen molar-refractivity contribution in [3.8, 4) is 11.4 Å². The molecule has 140 heavy (non-hydrogen) atoms. The smallest absolute Gasteiger partial charge is 0.512 e. The van der Waals surface area contributed by atoms with Crippen molar-refractivity contribution < 1.29 is 70.2 Å². The summed E-state index contributed by atoms with van der Waals surface area (Å²) >= 11 is 29.0. The summed E-state index contributed by atoms with van der Waals surface area (Å²) < 4.78 is 42.0. The Morgan fingerprint density at radius 2 is 0.914 bits per heavy atom. The average molecular weight is 2210 g/mol. The SMILES string of the molecule is C.C.CC(C)Br.CC(C)n1cnc2c(Cl)nc(-c3cncc(F)c3)nc21.CC(C)n1cnc2c(Cl)nc(I)nc21.CC(C)n1cnc2c(Cl)nc(N)nc21.CCC.CN(C)Cc1cnc2ccccn12.Cl.NCCc1cnc2ccccn12.NCCc1cnc2ccccn12.Nc1nc(Cl)c2[nH]cnc2n1.OB(O)c1cncc(F)c1.[C-]#N.[C-]#[N+]Cc1cnc2ccccn12.[K+].c1ccn2ccnc2c1. The second kappa shape index (κ2) is 62.0. The number of fused-ring (bicyclic) bond motifs is 9. The van der Waals surface area contributed by atoms with E-state index in [1.54, 1.807) is 31.4 Å². The molecule has 20 aromatic rings. The fraction of sp³-hybridized carbons (Fsp3) is 0.272. The summed E-state index contributed by atoms with van der Waals surface area (Å²) in [4.78, 5) is 86.0. The van der Waals surface area contributed by atoms with Crippen molar-refractivity contribution in [3.05, 3.63) is 298 Å². The van der Waals surface area contributed by atoms with E-state index in [-0.39, 0.29) is 113 Å². The minimum Gasteiger partial charge on any atom is -0.512 e. The number of nitrogen functional groups attached to an aromatic ring is 2. The Kier molecular flexibility index (Phi) is 53.5. The number of pyridine rings is 7. The van der Waals surface area contributed by atoms with Crippen LogP contribution in [0.1, 0.15) is 131 Å². The Bertz CT molecular complexity index is 6970. The van der Waals surface area contributed by atoms with Crippen molar-refractivity contribution in [2.45, 2.75) is 139 Å². The quantitative estimate of drug-likeness (QED) is 0.0149. The van der Waals surface area contributed by atoms with Gasteiger partial charge in [-0.2, -0.15) is 19.9 Å². The Balaban J connectivity index is 0.000000322. The van der Waals surface area contributed by atoms with Gasteiger partial charge < -0.3 is 90.8 Å². The number of aromatic amines is 1. The van der Waals surface area contributed by atoms with E-state index in [0.717, 1.165) is 77.4 Å². The third kappa shape index (κ3) is 36.0. The molecule has 0 spiro atoms. The molecule has 0 unspecified atom stereocenters. The summed E-state index contributed by atoms with van der Waals surface area (Å²) in [6.45, 7) is 34.8. The second-order valence-corrected chi connectivity index (χ2v) is 34.1. The second-order valence-electron chi connectivity index (χ2n) is 29.9. The molecule has 0 radical (unpaired) electrons. The fourth-order valence-corrected chi connectivity index (χ4v) is 13.4. The molecule has 0 amide bonds. The first kappa shape index (κ1) is 121. The van der Waals surface area contributed by atoms with Crippen molar-refractivity contribution in [2.24, 2.45) is 11.5 Å². The third-order valence-electron chi connectivity index (χ3n) is 17.8. The number of halogens is 9. The molecule has 732 valence electrons. The fourth-order valence-electron chi connectivity index (χ4n) is 11.9. The number of alkyl halides is 1. The first-order chi connectivity index (χ1) is 65.3.